The van der Waals surface area contributed by atoms with Gasteiger partial charge in [-0.15, -0.1) is 0 Å². The van der Waals surface area contributed by atoms with Crippen molar-refractivity contribution in [3.8, 4) is 11.5 Å². The fourth-order valence-electron chi connectivity index (χ4n) is 3.33. The third kappa shape index (κ3) is 6.12. The number of hydrogen-bond acceptors (Lipinski definition) is 6. The predicted octanol–water partition coefficient (Wildman–Crippen LogP) is 5.71. The molecule has 0 saturated carbocycles. The average molecular weight is 553 g/mol. The van der Waals surface area contributed by atoms with Crippen LogP contribution in [0.5, 0.6) is 11.5 Å². The van der Waals surface area contributed by atoms with Crippen molar-refractivity contribution in [1.29, 1.82) is 0 Å². The largest absolute Gasteiger partial charge is 0.495 e. The van der Waals surface area contributed by atoms with Gasteiger partial charge in [0, 0.05) is 4.47 Å². The third-order valence-corrected chi connectivity index (χ3v) is 6.77. The van der Waals surface area contributed by atoms with Gasteiger partial charge in [0.05, 0.1) is 24.2 Å². The molecule has 0 aliphatic carbocycles. The van der Waals surface area contributed by atoms with Gasteiger partial charge in [0.25, 0.3) is 17.1 Å². The molecule has 0 radical (unpaired) electrons. The van der Waals surface area contributed by atoms with Gasteiger partial charge in [0.1, 0.15) is 11.5 Å². The highest BCUT2D eigenvalue weighted by molar-refractivity contribution is 9.10. The Labute approximate surface area is 215 Å². The molecule has 0 bridgehead atoms. The molecule has 1 aliphatic heterocycles. The molecule has 0 unspecified atom stereocenters. The molecule has 3 amide bonds. The first kappa shape index (κ1) is 24.6. The number of nitrogens with one attached hydrogen (secondary N) is 1. The number of nitrogens with zero attached hydrogens (tertiary/aromatic N) is 1. The van der Waals surface area contributed by atoms with Crippen LogP contribution in [-0.4, -0.2) is 35.7 Å². The number of methoxy groups -OCH3 is 1. The Kier molecular flexibility index (Phi) is 7.89. The molecule has 1 fully saturated rings. The van der Waals surface area contributed by atoms with Crippen molar-refractivity contribution in [1.82, 2.24) is 4.90 Å². The number of amides is 3. The number of benzene rings is 3. The van der Waals surface area contributed by atoms with Gasteiger partial charge in [-0.1, -0.05) is 58.4 Å². The van der Waals surface area contributed by atoms with Gasteiger partial charge in [-0.3, -0.25) is 19.3 Å². The second-order valence-electron chi connectivity index (χ2n) is 7.47. The fourth-order valence-corrected chi connectivity index (χ4v) is 4.58. The zero-order chi connectivity index (χ0) is 24.8. The maximum atomic E-state index is 12.8. The molecule has 1 saturated heterocycles. The van der Waals surface area contributed by atoms with E-state index in [2.05, 4.69) is 21.2 Å². The molecule has 1 heterocycles. The third-order valence-electron chi connectivity index (χ3n) is 5.09. The quantitative estimate of drug-likeness (QED) is 0.360. The summed E-state index contributed by atoms with van der Waals surface area (Å²) in [7, 11) is 1.53. The molecule has 9 heteroatoms. The van der Waals surface area contributed by atoms with E-state index in [0.717, 1.165) is 27.4 Å². The van der Waals surface area contributed by atoms with Gasteiger partial charge >= 0.3 is 0 Å². The molecule has 3 aromatic rings. The number of rotatable bonds is 8. The lowest BCUT2D eigenvalue weighted by Crippen LogP contribution is -2.27. The van der Waals surface area contributed by atoms with E-state index < -0.39 is 0 Å². The second-order valence-corrected chi connectivity index (χ2v) is 9.31. The minimum atomic E-state index is -0.330. The van der Waals surface area contributed by atoms with Gasteiger partial charge in [-0.2, -0.15) is 0 Å². The normalized spacial score (nSPS) is 14.3. The highest BCUT2D eigenvalue weighted by atomic mass is 79.9. The number of ether oxygens (including phenoxy) is 2. The molecule has 0 aromatic heterocycles. The van der Waals surface area contributed by atoms with Crippen LogP contribution in [0.15, 0.2) is 82.2 Å². The molecule has 3 aromatic carbocycles. The smallest absolute Gasteiger partial charge is 0.293 e. The Hall–Kier alpha value is -3.56. The first-order valence-corrected chi connectivity index (χ1v) is 12.2. The maximum Gasteiger partial charge on any atom is 0.293 e. The summed E-state index contributed by atoms with van der Waals surface area (Å²) < 4.78 is 11.6. The number of anilines is 1. The minimum absolute atomic E-state index is 0.175. The zero-order valence-corrected chi connectivity index (χ0v) is 21.1. The zero-order valence-electron chi connectivity index (χ0n) is 18.7. The number of halogens is 1. The topological polar surface area (TPSA) is 84.9 Å². The Morgan fingerprint density at radius 2 is 1.74 bits per heavy atom. The average Bonchev–Trinajstić information content (AvgIpc) is 3.12. The minimum Gasteiger partial charge on any atom is -0.495 e. The van der Waals surface area contributed by atoms with E-state index in [1.54, 1.807) is 48.5 Å². The molecule has 35 heavy (non-hydrogen) atoms. The Morgan fingerprint density at radius 1 is 1.03 bits per heavy atom. The fraction of sp³-hybridized carbons (Fsp3) is 0.115. The van der Waals surface area contributed by atoms with Crippen LogP contribution < -0.4 is 14.8 Å². The van der Waals surface area contributed by atoms with Crippen LogP contribution in [0, 0.1) is 0 Å². The molecule has 7 nitrogen and oxygen atoms in total. The van der Waals surface area contributed by atoms with Crippen molar-refractivity contribution in [2.75, 3.05) is 19.0 Å². The molecule has 4 rings (SSSR count). The van der Waals surface area contributed by atoms with E-state index in [-0.39, 0.29) is 30.2 Å². The van der Waals surface area contributed by atoms with Crippen molar-refractivity contribution >= 4 is 56.5 Å². The van der Waals surface area contributed by atoms with Crippen molar-refractivity contribution in [3.63, 3.8) is 0 Å². The van der Waals surface area contributed by atoms with Crippen LogP contribution in [0.4, 0.5) is 10.5 Å². The van der Waals surface area contributed by atoms with Crippen LogP contribution >= 0.6 is 27.7 Å². The monoisotopic (exact) mass is 552 g/mol. The Bertz CT molecular complexity index is 1290. The van der Waals surface area contributed by atoms with E-state index in [1.807, 2.05) is 30.3 Å². The van der Waals surface area contributed by atoms with E-state index >= 15 is 0 Å². The van der Waals surface area contributed by atoms with Crippen molar-refractivity contribution in [2.45, 2.75) is 6.54 Å². The van der Waals surface area contributed by atoms with Crippen LogP contribution in [0.2, 0.25) is 0 Å². The molecule has 0 atom stereocenters. The SMILES string of the molecule is COc1ccccc1NC(=O)COc1ccc(/C=C2\SC(=O)N(Cc3ccccc3Br)C2=O)cc1. The lowest BCUT2D eigenvalue weighted by molar-refractivity contribution is -0.123. The summed E-state index contributed by atoms with van der Waals surface area (Å²) in [6, 6.07) is 21.5. The highest BCUT2D eigenvalue weighted by Gasteiger charge is 2.35. The van der Waals surface area contributed by atoms with E-state index in [0.29, 0.717) is 22.1 Å². The van der Waals surface area contributed by atoms with Crippen molar-refractivity contribution in [2.24, 2.45) is 0 Å². The van der Waals surface area contributed by atoms with E-state index in [9.17, 15) is 14.4 Å². The van der Waals surface area contributed by atoms with E-state index in [1.165, 1.54) is 12.0 Å². The maximum absolute atomic E-state index is 12.8. The molecular weight excluding hydrogens is 532 g/mol. The number of thioether (sulfide) groups is 1. The first-order chi connectivity index (χ1) is 16.9. The Morgan fingerprint density at radius 3 is 2.49 bits per heavy atom. The summed E-state index contributed by atoms with van der Waals surface area (Å²) in [5.74, 6) is 0.409. The van der Waals surface area contributed by atoms with Gasteiger partial charge in [0.2, 0.25) is 0 Å². The number of hydrogen-bond donors (Lipinski definition) is 1. The number of imide groups is 1. The van der Waals surface area contributed by atoms with Gasteiger partial charge < -0.3 is 14.8 Å². The summed E-state index contributed by atoms with van der Waals surface area (Å²) >= 11 is 4.36. The number of para-hydroxylation sites is 2. The van der Waals surface area contributed by atoms with Crippen LogP contribution in [-0.2, 0) is 16.1 Å². The lowest BCUT2D eigenvalue weighted by Gasteiger charge is -2.13. The van der Waals surface area contributed by atoms with Crippen LogP contribution in [0.3, 0.4) is 0 Å². The molecule has 1 aliphatic rings. The summed E-state index contributed by atoms with van der Waals surface area (Å²) in [5, 5.41) is 2.44. The van der Waals surface area contributed by atoms with Crippen molar-refractivity contribution < 1.29 is 23.9 Å². The first-order valence-electron chi connectivity index (χ1n) is 10.6. The standard InChI is InChI=1S/C26H21BrN2O5S/c1-33-22-9-5-4-8-21(22)28-24(30)16-34-19-12-10-17(11-13-19)14-23-25(31)29(26(32)35-23)15-18-6-2-3-7-20(18)27/h2-14H,15-16H2,1H3,(H,28,30)/b23-14-. The highest BCUT2D eigenvalue weighted by Crippen LogP contribution is 2.34. The molecule has 178 valence electrons. The molecular formula is C26H21BrN2O5S. The molecule has 0 spiro atoms. The van der Waals surface area contributed by atoms with Crippen LogP contribution in [0.1, 0.15) is 11.1 Å². The van der Waals surface area contributed by atoms with Gasteiger partial charge in [0.15, 0.2) is 6.61 Å². The lowest BCUT2D eigenvalue weighted by atomic mass is 10.2. The molecule has 1 N–H and O–H groups in total. The van der Waals surface area contributed by atoms with Crippen molar-refractivity contribution in [3.05, 3.63) is 93.3 Å². The van der Waals surface area contributed by atoms with Gasteiger partial charge in [-0.05, 0) is 59.3 Å². The summed E-state index contributed by atoms with van der Waals surface area (Å²) in [5.41, 5.74) is 2.15. The van der Waals surface area contributed by atoms with E-state index in [4.69, 9.17) is 9.47 Å². The second kappa shape index (κ2) is 11.2. The Balaban J connectivity index is 1.35. The van der Waals surface area contributed by atoms with Crippen LogP contribution in [0.25, 0.3) is 6.08 Å². The number of carbonyl (C=O) groups is 3. The van der Waals surface area contributed by atoms with Gasteiger partial charge in [-0.25, -0.2) is 0 Å². The summed E-state index contributed by atoms with van der Waals surface area (Å²) in [6.45, 7) is 0.0262. The summed E-state index contributed by atoms with van der Waals surface area (Å²) in [4.78, 5) is 39.0. The number of carbonyl (C=O) groups excluding carboxylic acids is 3. The summed E-state index contributed by atoms with van der Waals surface area (Å²) in [6.07, 6.45) is 1.67. The predicted molar refractivity (Wildman–Crippen MR) is 139 cm³/mol.